The molecule has 0 aliphatic rings. The van der Waals surface area contributed by atoms with Crippen molar-refractivity contribution in [1.82, 2.24) is 30.0 Å². The first-order chi connectivity index (χ1) is 11.8. The van der Waals surface area contributed by atoms with Crippen molar-refractivity contribution in [3.05, 3.63) is 60.8 Å². The molecule has 0 saturated carbocycles. The lowest BCUT2D eigenvalue weighted by molar-refractivity contribution is -0.121. The van der Waals surface area contributed by atoms with Crippen LogP contribution in [0.3, 0.4) is 0 Å². The van der Waals surface area contributed by atoms with Gasteiger partial charge in [-0.1, -0.05) is 0 Å². The first kappa shape index (κ1) is 15.6. The van der Waals surface area contributed by atoms with Gasteiger partial charge in [-0.05, 0) is 29.8 Å². The molecule has 1 amide bonds. The fourth-order valence-electron chi connectivity index (χ4n) is 2.07. The topological polar surface area (TPSA) is 97.6 Å². The molecule has 0 bridgehead atoms. The Labute approximate surface area is 139 Å². The van der Waals surface area contributed by atoms with Crippen LogP contribution < -0.4 is 10.6 Å². The molecule has 0 atom stereocenters. The van der Waals surface area contributed by atoms with E-state index in [9.17, 15) is 4.79 Å². The fourth-order valence-corrected chi connectivity index (χ4v) is 2.07. The van der Waals surface area contributed by atoms with Crippen molar-refractivity contribution in [2.24, 2.45) is 0 Å². The van der Waals surface area contributed by atoms with Gasteiger partial charge >= 0.3 is 0 Å². The van der Waals surface area contributed by atoms with Crippen molar-refractivity contribution in [1.29, 1.82) is 0 Å². The van der Waals surface area contributed by atoms with E-state index >= 15 is 0 Å². The predicted molar refractivity (Wildman–Crippen MR) is 88.3 cm³/mol. The maximum atomic E-state index is 11.9. The number of hydrogen-bond donors (Lipinski definition) is 2. The highest BCUT2D eigenvalue weighted by atomic mass is 16.1. The molecule has 0 spiro atoms. The molecule has 0 aliphatic carbocycles. The number of carbonyl (C=O) groups excluding carboxylic acids is 1. The Hall–Kier alpha value is -3.29. The molecule has 0 unspecified atom stereocenters. The minimum atomic E-state index is -0.0455. The molecule has 3 heterocycles. The molecule has 3 aromatic heterocycles. The lowest BCUT2D eigenvalue weighted by atomic mass is 10.2. The quantitative estimate of drug-likeness (QED) is 0.677. The van der Waals surface area contributed by atoms with E-state index in [1.54, 1.807) is 35.5 Å². The van der Waals surface area contributed by atoms with Crippen molar-refractivity contribution >= 4 is 11.9 Å². The van der Waals surface area contributed by atoms with Crippen LogP contribution in [0.4, 0.5) is 5.95 Å². The van der Waals surface area contributed by atoms with Gasteiger partial charge in [-0.3, -0.25) is 4.79 Å². The Morgan fingerprint density at radius 1 is 1.08 bits per heavy atom. The second-order valence-electron chi connectivity index (χ2n) is 5.00. The minimum Gasteiger partial charge on any atom is -0.354 e. The molecule has 2 N–H and O–H groups in total. The molecule has 8 heteroatoms. The summed E-state index contributed by atoms with van der Waals surface area (Å²) in [4.78, 5) is 24.2. The molecule has 0 aromatic carbocycles. The molecule has 0 saturated heterocycles. The minimum absolute atomic E-state index is 0.0455. The lowest BCUT2D eigenvalue weighted by Gasteiger charge is -2.07. The van der Waals surface area contributed by atoms with Crippen molar-refractivity contribution in [3.8, 4) is 5.82 Å². The van der Waals surface area contributed by atoms with Crippen LogP contribution in [0, 0.1) is 0 Å². The van der Waals surface area contributed by atoms with Crippen LogP contribution >= 0.6 is 0 Å². The molecule has 122 valence electrons. The second-order valence-corrected chi connectivity index (χ2v) is 5.00. The molecular weight excluding hydrogens is 306 g/mol. The number of carbonyl (C=O) groups is 1. The molecule has 3 aromatic rings. The smallest absolute Gasteiger partial charge is 0.222 e. The summed E-state index contributed by atoms with van der Waals surface area (Å²) < 4.78 is 1.68. The highest BCUT2D eigenvalue weighted by Gasteiger charge is 2.04. The third-order valence-corrected chi connectivity index (χ3v) is 3.24. The zero-order valence-electron chi connectivity index (χ0n) is 13.0. The molecule has 3 rings (SSSR count). The Balaban J connectivity index is 1.45. The average molecular weight is 323 g/mol. The van der Waals surface area contributed by atoms with Crippen LogP contribution in [-0.2, 0) is 11.3 Å². The van der Waals surface area contributed by atoms with Gasteiger partial charge in [0.2, 0.25) is 11.9 Å². The molecule has 0 fully saturated rings. The molecule has 0 aliphatic heterocycles. The van der Waals surface area contributed by atoms with Crippen LogP contribution in [-0.4, -0.2) is 37.2 Å². The van der Waals surface area contributed by atoms with Gasteiger partial charge in [0.05, 0.1) is 0 Å². The molecular formula is C16H17N7O. The molecule has 0 radical (unpaired) electrons. The van der Waals surface area contributed by atoms with E-state index in [0.29, 0.717) is 25.5 Å². The standard InChI is InChI=1S/C16H17N7O/c24-15(4-9-20-16-18-5-1-6-19-16)21-12-13-3-8-17-14(11-13)23-10-2-7-22-23/h1-3,5-8,10-11H,4,9,12H2,(H,21,24)(H,18,19,20). The summed E-state index contributed by atoms with van der Waals surface area (Å²) in [7, 11) is 0. The number of nitrogens with one attached hydrogen (secondary N) is 2. The van der Waals surface area contributed by atoms with Crippen LogP contribution in [0.1, 0.15) is 12.0 Å². The summed E-state index contributed by atoms with van der Waals surface area (Å²) in [5, 5.41) is 10.0. The number of anilines is 1. The highest BCUT2D eigenvalue weighted by Crippen LogP contribution is 2.06. The molecule has 24 heavy (non-hydrogen) atoms. The largest absolute Gasteiger partial charge is 0.354 e. The van der Waals surface area contributed by atoms with E-state index < -0.39 is 0 Å². The summed E-state index contributed by atoms with van der Waals surface area (Å²) >= 11 is 0. The Bertz CT molecular complexity index is 774. The zero-order valence-corrected chi connectivity index (χ0v) is 13.0. The van der Waals surface area contributed by atoms with Crippen molar-refractivity contribution < 1.29 is 4.79 Å². The maximum Gasteiger partial charge on any atom is 0.222 e. The first-order valence-corrected chi connectivity index (χ1v) is 7.54. The summed E-state index contributed by atoms with van der Waals surface area (Å²) in [6, 6.07) is 7.33. The van der Waals surface area contributed by atoms with Gasteiger partial charge in [-0.2, -0.15) is 5.10 Å². The van der Waals surface area contributed by atoms with Gasteiger partial charge in [-0.25, -0.2) is 19.6 Å². The van der Waals surface area contributed by atoms with Crippen molar-refractivity contribution in [3.63, 3.8) is 0 Å². The third-order valence-electron chi connectivity index (χ3n) is 3.24. The van der Waals surface area contributed by atoms with Gasteiger partial charge < -0.3 is 10.6 Å². The van der Waals surface area contributed by atoms with E-state index in [-0.39, 0.29) is 5.91 Å². The van der Waals surface area contributed by atoms with Crippen LogP contribution in [0.25, 0.3) is 5.82 Å². The summed E-state index contributed by atoms with van der Waals surface area (Å²) in [5.41, 5.74) is 0.961. The third kappa shape index (κ3) is 4.35. The highest BCUT2D eigenvalue weighted by molar-refractivity contribution is 5.76. The number of hydrogen-bond acceptors (Lipinski definition) is 6. The van der Waals surface area contributed by atoms with Crippen LogP contribution in [0.5, 0.6) is 0 Å². The van der Waals surface area contributed by atoms with E-state index in [0.717, 1.165) is 11.4 Å². The van der Waals surface area contributed by atoms with Crippen molar-refractivity contribution in [2.75, 3.05) is 11.9 Å². The van der Waals surface area contributed by atoms with E-state index in [1.165, 1.54) is 0 Å². The van der Waals surface area contributed by atoms with Crippen LogP contribution in [0.15, 0.2) is 55.2 Å². The predicted octanol–water partition coefficient (Wildman–Crippen LogP) is 1.18. The molecule has 8 nitrogen and oxygen atoms in total. The lowest BCUT2D eigenvalue weighted by Crippen LogP contribution is -2.25. The number of aromatic nitrogens is 5. The number of nitrogens with zero attached hydrogens (tertiary/aromatic N) is 5. The van der Waals surface area contributed by atoms with E-state index in [4.69, 9.17) is 0 Å². The normalized spacial score (nSPS) is 10.3. The Kier molecular flexibility index (Phi) is 5.08. The second kappa shape index (κ2) is 7.82. The number of pyridine rings is 1. The van der Waals surface area contributed by atoms with Gasteiger partial charge in [0.15, 0.2) is 5.82 Å². The summed E-state index contributed by atoms with van der Waals surface area (Å²) in [6.07, 6.45) is 8.86. The van der Waals surface area contributed by atoms with Gasteiger partial charge in [0.1, 0.15) is 0 Å². The number of rotatable bonds is 7. The van der Waals surface area contributed by atoms with Gasteiger partial charge in [0, 0.05) is 50.5 Å². The monoisotopic (exact) mass is 323 g/mol. The Morgan fingerprint density at radius 3 is 2.75 bits per heavy atom. The first-order valence-electron chi connectivity index (χ1n) is 7.54. The maximum absolute atomic E-state index is 11.9. The summed E-state index contributed by atoms with van der Waals surface area (Å²) in [6.45, 7) is 0.919. The van der Waals surface area contributed by atoms with Crippen LogP contribution in [0.2, 0.25) is 0 Å². The van der Waals surface area contributed by atoms with E-state index in [2.05, 4.69) is 30.7 Å². The average Bonchev–Trinajstić information content (AvgIpc) is 3.16. The van der Waals surface area contributed by atoms with E-state index in [1.807, 2.05) is 24.4 Å². The zero-order chi connectivity index (χ0) is 16.6. The SMILES string of the molecule is O=C(CCNc1ncccn1)NCc1ccnc(-n2cccn2)c1. The Morgan fingerprint density at radius 2 is 1.96 bits per heavy atom. The van der Waals surface area contributed by atoms with Crippen molar-refractivity contribution in [2.45, 2.75) is 13.0 Å². The van der Waals surface area contributed by atoms with Gasteiger partial charge in [-0.15, -0.1) is 0 Å². The summed E-state index contributed by atoms with van der Waals surface area (Å²) in [5.74, 6) is 1.19. The van der Waals surface area contributed by atoms with Gasteiger partial charge in [0.25, 0.3) is 0 Å². The fraction of sp³-hybridized carbons (Fsp3) is 0.188. The number of amides is 1.